The lowest BCUT2D eigenvalue weighted by Gasteiger charge is -2.24. The van der Waals surface area contributed by atoms with E-state index in [1.165, 1.54) is 24.4 Å². The minimum atomic E-state index is -1.31. The Kier molecular flexibility index (Phi) is 5.19. The number of nitro groups is 1. The summed E-state index contributed by atoms with van der Waals surface area (Å²) in [7, 11) is 0. The van der Waals surface area contributed by atoms with Gasteiger partial charge in [0.25, 0.3) is 17.4 Å². The molecule has 1 amide bonds. The first-order valence-corrected chi connectivity index (χ1v) is 9.21. The quantitative estimate of drug-likeness (QED) is 0.218. The van der Waals surface area contributed by atoms with Crippen LogP contribution in [0.15, 0.2) is 72.4 Å². The number of aromatic nitrogens is 1. The van der Waals surface area contributed by atoms with Gasteiger partial charge in [0.1, 0.15) is 23.4 Å². The van der Waals surface area contributed by atoms with E-state index in [1.807, 2.05) is 0 Å². The van der Waals surface area contributed by atoms with Gasteiger partial charge in [0.2, 0.25) is 0 Å². The molecule has 0 aliphatic carbocycles. The molecule has 1 saturated heterocycles. The molecule has 1 fully saturated rings. The number of nitrogens with zero attached hydrogens (tertiary/aromatic N) is 3. The number of anilines is 1. The van der Waals surface area contributed by atoms with Gasteiger partial charge in [-0.05, 0) is 36.4 Å². The number of hydrogen-bond donors (Lipinski definition) is 1. The largest absolute Gasteiger partial charge is 0.507 e. The maximum atomic E-state index is 14.6. The molecule has 2 aromatic carbocycles. The SMILES string of the molecule is O=C1C(=O)N(c2ccc(F)cc2F)C(c2ccccn2)/C1=C(\O)c1ccc([N+](=O)[O-])cc1. The zero-order chi connectivity index (χ0) is 23.0. The molecular formula is C22H13F2N3O5. The van der Waals surface area contributed by atoms with Gasteiger partial charge in [0.15, 0.2) is 0 Å². The van der Waals surface area contributed by atoms with Crippen molar-refractivity contribution in [3.8, 4) is 0 Å². The first-order valence-electron chi connectivity index (χ1n) is 9.21. The van der Waals surface area contributed by atoms with Crippen LogP contribution < -0.4 is 4.90 Å². The van der Waals surface area contributed by atoms with E-state index in [0.717, 1.165) is 29.2 Å². The molecule has 1 aliphatic heterocycles. The first kappa shape index (κ1) is 20.8. The van der Waals surface area contributed by atoms with Crippen molar-refractivity contribution in [1.29, 1.82) is 0 Å². The molecule has 10 heteroatoms. The molecule has 4 rings (SSSR count). The first-order chi connectivity index (χ1) is 15.3. The number of halogens is 2. The van der Waals surface area contributed by atoms with Crippen molar-refractivity contribution >= 4 is 28.8 Å². The lowest BCUT2D eigenvalue weighted by Crippen LogP contribution is -2.30. The lowest BCUT2D eigenvalue weighted by atomic mass is 9.98. The zero-order valence-corrected chi connectivity index (χ0v) is 16.1. The molecule has 0 saturated carbocycles. The van der Waals surface area contributed by atoms with Crippen LogP contribution in [0.25, 0.3) is 5.76 Å². The third-order valence-electron chi connectivity index (χ3n) is 4.93. The van der Waals surface area contributed by atoms with E-state index in [0.29, 0.717) is 6.07 Å². The van der Waals surface area contributed by atoms with E-state index in [2.05, 4.69) is 4.98 Å². The van der Waals surface area contributed by atoms with E-state index < -0.39 is 40.0 Å². The Hall–Kier alpha value is -4.47. The van der Waals surface area contributed by atoms with Gasteiger partial charge in [0, 0.05) is 30.0 Å². The van der Waals surface area contributed by atoms with Gasteiger partial charge in [-0.2, -0.15) is 0 Å². The topological polar surface area (TPSA) is 114 Å². The highest BCUT2D eigenvalue weighted by Crippen LogP contribution is 2.42. The predicted molar refractivity (Wildman–Crippen MR) is 108 cm³/mol. The number of hydrogen-bond acceptors (Lipinski definition) is 6. The lowest BCUT2D eigenvalue weighted by molar-refractivity contribution is -0.384. The Morgan fingerprint density at radius 2 is 1.78 bits per heavy atom. The molecule has 1 aliphatic rings. The number of ketones is 1. The van der Waals surface area contributed by atoms with Gasteiger partial charge < -0.3 is 5.11 Å². The number of benzene rings is 2. The van der Waals surface area contributed by atoms with Gasteiger partial charge in [-0.1, -0.05) is 6.07 Å². The van der Waals surface area contributed by atoms with Gasteiger partial charge >= 0.3 is 0 Å². The summed E-state index contributed by atoms with van der Waals surface area (Å²) in [5.74, 6) is -4.82. The smallest absolute Gasteiger partial charge is 0.300 e. The summed E-state index contributed by atoms with van der Waals surface area (Å²) in [6, 6.07) is 10.5. The fourth-order valence-corrected chi connectivity index (χ4v) is 3.47. The maximum Gasteiger partial charge on any atom is 0.300 e. The van der Waals surface area contributed by atoms with Crippen LogP contribution >= 0.6 is 0 Å². The average Bonchev–Trinajstić information content (AvgIpc) is 3.04. The number of carbonyl (C=O) groups excluding carboxylic acids is 2. The van der Waals surface area contributed by atoms with E-state index in [-0.39, 0.29) is 28.2 Å². The Balaban J connectivity index is 1.92. The number of pyridine rings is 1. The van der Waals surface area contributed by atoms with Crippen molar-refractivity contribution in [3.63, 3.8) is 0 Å². The highest BCUT2D eigenvalue weighted by Gasteiger charge is 2.48. The summed E-state index contributed by atoms with van der Waals surface area (Å²) >= 11 is 0. The molecule has 3 aromatic rings. The van der Waals surface area contributed by atoms with Gasteiger partial charge in [-0.25, -0.2) is 8.78 Å². The highest BCUT2D eigenvalue weighted by atomic mass is 19.1. The molecule has 8 nitrogen and oxygen atoms in total. The number of aliphatic hydroxyl groups is 1. The summed E-state index contributed by atoms with van der Waals surface area (Å²) in [4.78, 5) is 41.0. The van der Waals surface area contributed by atoms with Gasteiger partial charge in [-0.3, -0.25) is 29.6 Å². The van der Waals surface area contributed by atoms with Crippen LogP contribution in [-0.2, 0) is 9.59 Å². The molecule has 1 N–H and O–H groups in total. The monoisotopic (exact) mass is 437 g/mol. The Labute approximate surface area is 179 Å². The van der Waals surface area contributed by atoms with Crippen molar-refractivity contribution in [3.05, 3.63) is 105 Å². The predicted octanol–water partition coefficient (Wildman–Crippen LogP) is 3.89. The van der Waals surface area contributed by atoms with E-state index in [9.17, 15) is 33.6 Å². The molecule has 1 unspecified atom stereocenters. The standard InChI is InChI=1S/C22H13F2N3O5/c23-13-6-9-17(15(24)11-13)26-19(16-3-1-2-10-25-16)18(21(29)22(26)30)20(28)12-4-7-14(8-5-12)27(31)32/h1-11,19,28H/b20-18+. The van der Waals surface area contributed by atoms with Crippen molar-refractivity contribution < 1.29 is 28.4 Å². The Morgan fingerprint density at radius 1 is 1.06 bits per heavy atom. The number of rotatable bonds is 4. The summed E-state index contributed by atoms with van der Waals surface area (Å²) in [6.45, 7) is 0. The van der Waals surface area contributed by atoms with E-state index >= 15 is 0 Å². The number of aliphatic hydroxyl groups excluding tert-OH is 1. The van der Waals surface area contributed by atoms with Crippen LogP contribution in [-0.4, -0.2) is 26.7 Å². The molecule has 1 atom stereocenters. The molecule has 32 heavy (non-hydrogen) atoms. The van der Waals surface area contributed by atoms with E-state index in [1.54, 1.807) is 12.1 Å². The summed E-state index contributed by atoms with van der Waals surface area (Å²) in [5, 5.41) is 21.8. The van der Waals surface area contributed by atoms with Crippen LogP contribution in [0, 0.1) is 21.7 Å². The minimum Gasteiger partial charge on any atom is -0.507 e. The van der Waals surface area contributed by atoms with Crippen LogP contribution in [0.2, 0.25) is 0 Å². The fourth-order valence-electron chi connectivity index (χ4n) is 3.47. The average molecular weight is 437 g/mol. The number of Topliss-reactive ketones (excluding diaryl/α,β-unsaturated/α-hetero) is 1. The highest BCUT2D eigenvalue weighted by molar-refractivity contribution is 6.51. The Morgan fingerprint density at radius 3 is 2.38 bits per heavy atom. The minimum absolute atomic E-state index is 0.0362. The second-order valence-corrected chi connectivity index (χ2v) is 6.82. The normalized spacial score (nSPS) is 17.6. The van der Waals surface area contributed by atoms with Crippen LogP contribution in [0.3, 0.4) is 0 Å². The molecule has 1 aromatic heterocycles. The van der Waals surface area contributed by atoms with E-state index in [4.69, 9.17) is 0 Å². The molecule has 0 spiro atoms. The summed E-state index contributed by atoms with van der Waals surface area (Å²) < 4.78 is 28.0. The molecule has 0 bridgehead atoms. The third-order valence-corrected chi connectivity index (χ3v) is 4.93. The molecule has 160 valence electrons. The number of nitro benzene ring substituents is 1. The Bertz CT molecular complexity index is 1280. The van der Waals surface area contributed by atoms with Gasteiger partial charge in [-0.15, -0.1) is 0 Å². The van der Waals surface area contributed by atoms with Crippen molar-refractivity contribution in [1.82, 2.24) is 4.98 Å². The number of non-ortho nitro benzene ring substituents is 1. The summed E-state index contributed by atoms with van der Waals surface area (Å²) in [6.07, 6.45) is 1.39. The molecule has 2 heterocycles. The van der Waals surface area contributed by atoms with Crippen LogP contribution in [0.1, 0.15) is 17.3 Å². The summed E-state index contributed by atoms with van der Waals surface area (Å²) in [5.41, 5.74) is -0.803. The third kappa shape index (κ3) is 3.47. The van der Waals surface area contributed by atoms with Crippen molar-refractivity contribution in [2.45, 2.75) is 6.04 Å². The van der Waals surface area contributed by atoms with Crippen molar-refractivity contribution in [2.24, 2.45) is 0 Å². The van der Waals surface area contributed by atoms with Crippen LogP contribution in [0.4, 0.5) is 20.2 Å². The van der Waals surface area contributed by atoms with Crippen LogP contribution in [0.5, 0.6) is 0 Å². The second-order valence-electron chi connectivity index (χ2n) is 6.82. The fraction of sp³-hybridized carbons (Fsp3) is 0.0455. The molecule has 0 radical (unpaired) electrons. The number of amides is 1. The number of carbonyl (C=O) groups is 2. The van der Waals surface area contributed by atoms with Gasteiger partial charge in [0.05, 0.1) is 21.9 Å². The van der Waals surface area contributed by atoms with Crippen molar-refractivity contribution in [2.75, 3.05) is 4.90 Å². The maximum absolute atomic E-state index is 14.6. The second kappa shape index (κ2) is 7.99. The molecular weight excluding hydrogens is 424 g/mol. The zero-order valence-electron chi connectivity index (χ0n) is 16.1.